The van der Waals surface area contributed by atoms with E-state index in [0.717, 1.165) is 54.6 Å². The van der Waals surface area contributed by atoms with E-state index in [1.165, 1.54) is 4.88 Å². The van der Waals surface area contributed by atoms with Crippen LogP contribution >= 0.6 is 23.6 Å². The number of aryl methyl sites for hydroxylation is 1. The first-order valence-corrected chi connectivity index (χ1v) is 12.2. The third kappa shape index (κ3) is 6.38. The zero-order chi connectivity index (χ0) is 22.2. The Morgan fingerprint density at radius 1 is 1.16 bits per heavy atom. The molecular weight excluding hydrogens is 424 g/mol. The van der Waals surface area contributed by atoms with Crippen molar-refractivity contribution in [1.82, 2.24) is 20.1 Å². The van der Waals surface area contributed by atoms with Crippen molar-refractivity contribution in [3.8, 4) is 0 Å². The molecule has 166 valence electrons. The number of thiophene rings is 1. The molecule has 1 aromatic carbocycles. The third-order valence-electron chi connectivity index (χ3n) is 5.56. The van der Waals surface area contributed by atoms with Crippen molar-refractivity contribution in [3.63, 3.8) is 0 Å². The van der Waals surface area contributed by atoms with Gasteiger partial charge in [-0.1, -0.05) is 38.1 Å². The number of aromatic nitrogens is 1. The molecule has 0 aliphatic heterocycles. The number of rotatable bonds is 10. The molecule has 31 heavy (non-hydrogen) atoms. The van der Waals surface area contributed by atoms with Crippen molar-refractivity contribution in [2.45, 2.75) is 40.3 Å². The summed E-state index contributed by atoms with van der Waals surface area (Å²) in [5.74, 6) is 0. The fourth-order valence-electron chi connectivity index (χ4n) is 3.69. The van der Waals surface area contributed by atoms with Crippen LogP contribution in [-0.4, -0.2) is 46.1 Å². The minimum Gasteiger partial charge on any atom is -0.363 e. The summed E-state index contributed by atoms with van der Waals surface area (Å²) in [5.41, 5.74) is 2.64. The van der Waals surface area contributed by atoms with Crippen molar-refractivity contribution < 1.29 is 0 Å². The van der Waals surface area contributed by atoms with Gasteiger partial charge in [0.2, 0.25) is 0 Å². The Morgan fingerprint density at radius 3 is 2.68 bits per heavy atom. The number of pyridine rings is 1. The molecule has 2 N–H and O–H groups in total. The second-order valence-electron chi connectivity index (χ2n) is 7.71. The Labute approximate surface area is 194 Å². The van der Waals surface area contributed by atoms with Gasteiger partial charge in [-0.05, 0) is 73.7 Å². The monoisotopic (exact) mass is 456 g/mol. The van der Waals surface area contributed by atoms with Crippen LogP contribution in [0.5, 0.6) is 0 Å². The lowest BCUT2D eigenvalue weighted by Crippen LogP contribution is -2.40. The van der Waals surface area contributed by atoms with Crippen LogP contribution in [0.3, 0.4) is 0 Å². The van der Waals surface area contributed by atoms with Crippen molar-refractivity contribution in [2.75, 3.05) is 26.2 Å². The van der Waals surface area contributed by atoms with E-state index in [-0.39, 0.29) is 5.56 Å². The second-order valence-corrected chi connectivity index (χ2v) is 9.13. The average Bonchev–Trinajstić information content (AvgIpc) is 3.27. The number of H-pyrrole nitrogens is 1. The van der Waals surface area contributed by atoms with E-state index in [1.54, 1.807) is 11.3 Å². The van der Waals surface area contributed by atoms with E-state index >= 15 is 0 Å². The summed E-state index contributed by atoms with van der Waals surface area (Å²) in [6, 6.07) is 12.2. The Kier molecular flexibility index (Phi) is 8.63. The first-order chi connectivity index (χ1) is 15.0. The summed E-state index contributed by atoms with van der Waals surface area (Å²) in [6.45, 7) is 11.5. The highest BCUT2D eigenvalue weighted by atomic mass is 32.1. The summed E-state index contributed by atoms with van der Waals surface area (Å²) in [5, 5.41) is 7.21. The third-order valence-corrected chi connectivity index (χ3v) is 6.83. The number of aromatic amines is 1. The van der Waals surface area contributed by atoms with Crippen molar-refractivity contribution >= 4 is 39.6 Å². The SMILES string of the molecule is CCN(CC)CCCNC(=S)N(Cc1cccs1)Cc1cc2cccc(C)c2[nH]c1=O. The normalized spacial score (nSPS) is 11.2. The van der Waals surface area contributed by atoms with Gasteiger partial charge < -0.3 is 20.1 Å². The van der Waals surface area contributed by atoms with E-state index in [9.17, 15) is 4.79 Å². The van der Waals surface area contributed by atoms with E-state index in [4.69, 9.17) is 12.2 Å². The van der Waals surface area contributed by atoms with E-state index in [1.807, 2.05) is 37.3 Å². The smallest absolute Gasteiger partial charge is 0.253 e. The molecule has 2 aromatic heterocycles. The van der Waals surface area contributed by atoms with E-state index in [0.29, 0.717) is 18.2 Å². The topological polar surface area (TPSA) is 51.4 Å². The largest absolute Gasteiger partial charge is 0.363 e. The molecular formula is C24H32N4OS2. The molecule has 3 rings (SSSR count). The van der Waals surface area contributed by atoms with Crippen LogP contribution < -0.4 is 10.9 Å². The lowest BCUT2D eigenvalue weighted by molar-refractivity contribution is 0.299. The maximum absolute atomic E-state index is 12.8. The van der Waals surface area contributed by atoms with Gasteiger partial charge in [0.25, 0.3) is 5.56 Å². The van der Waals surface area contributed by atoms with Gasteiger partial charge in [-0.25, -0.2) is 0 Å². The van der Waals surface area contributed by atoms with Gasteiger partial charge in [0.05, 0.1) is 18.6 Å². The number of hydrogen-bond donors (Lipinski definition) is 2. The molecule has 0 amide bonds. The first-order valence-electron chi connectivity index (χ1n) is 10.9. The zero-order valence-corrected chi connectivity index (χ0v) is 20.2. The summed E-state index contributed by atoms with van der Waals surface area (Å²) in [4.78, 5) is 21.6. The molecule has 7 heteroatoms. The lowest BCUT2D eigenvalue weighted by atomic mass is 10.1. The number of nitrogens with one attached hydrogen (secondary N) is 2. The highest BCUT2D eigenvalue weighted by molar-refractivity contribution is 7.80. The molecule has 0 fully saturated rings. The fourth-order valence-corrected chi connectivity index (χ4v) is 4.64. The van der Waals surface area contributed by atoms with Crippen LogP contribution in [0.4, 0.5) is 0 Å². The molecule has 0 radical (unpaired) electrons. The summed E-state index contributed by atoms with van der Waals surface area (Å²) >= 11 is 7.44. The predicted molar refractivity (Wildman–Crippen MR) is 136 cm³/mol. The summed E-state index contributed by atoms with van der Waals surface area (Å²) in [7, 11) is 0. The number of benzene rings is 1. The van der Waals surface area contributed by atoms with Gasteiger partial charge in [-0.15, -0.1) is 11.3 Å². The molecule has 0 spiro atoms. The highest BCUT2D eigenvalue weighted by Gasteiger charge is 2.15. The van der Waals surface area contributed by atoms with E-state index in [2.05, 4.69) is 45.4 Å². The zero-order valence-electron chi connectivity index (χ0n) is 18.6. The molecule has 0 saturated carbocycles. The lowest BCUT2D eigenvalue weighted by Gasteiger charge is -2.26. The number of para-hydroxylation sites is 1. The summed E-state index contributed by atoms with van der Waals surface area (Å²) in [6.07, 6.45) is 1.03. The maximum Gasteiger partial charge on any atom is 0.253 e. The molecule has 2 heterocycles. The Hall–Kier alpha value is -2.22. The van der Waals surface area contributed by atoms with Crippen LogP contribution in [0, 0.1) is 6.92 Å². The predicted octanol–water partition coefficient (Wildman–Crippen LogP) is 4.51. The quantitative estimate of drug-likeness (QED) is 0.347. The molecule has 5 nitrogen and oxygen atoms in total. The van der Waals surface area contributed by atoms with Crippen LogP contribution in [0.15, 0.2) is 46.6 Å². The first kappa shape index (κ1) is 23.4. The number of fused-ring (bicyclic) bond motifs is 1. The number of nitrogens with zero attached hydrogens (tertiary/aromatic N) is 2. The second kappa shape index (κ2) is 11.4. The van der Waals surface area contributed by atoms with Crippen LogP contribution in [0.25, 0.3) is 10.9 Å². The number of thiocarbonyl (C=S) groups is 1. The number of hydrogen-bond acceptors (Lipinski definition) is 4. The minimum atomic E-state index is -0.0534. The fraction of sp³-hybridized carbons (Fsp3) is 0.417. The van der Waals surface area contributed by atoms with Crippen molar-refractivity contribution in [1.29, 1.82) is 0 Å². The van der Waals surface area contributed by atoms with Gasteiger partial charge >= 0.3 is 0 Å². The summed E-state index contributed by atoms with van der Waals surface area (Å²) < 4.78 is 0. The van der Waals surface area contributed by atoms with Crippen LogP contribution in [0.1, 0.15) is 36.3 Å². The van der Waals surface area contributed by atoms with Gasteiger partial charge in [0.1, 0.15) is 0 Å². The molecule has 3 aromatic rings. The molecule has 0 atom stereocenters. The van der Waals surface area contributed by atoms with Gasteiger partial charge in [0.15, 0.2) is 5.11 Å². The molecule has 0 aliphatic rings. The van der Waals surface area contributed by atoms with Crippen LogP contribution in [-0.2, 0) is 13.1 Å². The Balaban J connectivity index is 1.73. The Morgan fingerprint density at radius 2 is 1.97 bits per heavy atom. The van der Waals surface area contributed by atoms with Crippen LogP contribution in [0.2, 0.25) is 0 Å². The minimum absolute atomic E-state index is 0.0534. The van der Waals surface area contributed by atoms with Gasteiger partial charge in [-0.2, -0.15) is 0 Å². The van der Waals surface area contributed by atoms with Crippen molar-refractivity contribution in [2.24, 2.45) is 0 Å². The average molecular weight is 457 g/mol. The van der Waals surface area contributed by atoms with Gasteiger partial charge in [0, 0.05) is 17.0 Å². The molecule has 0 bridgehead atoms. The highest BCUT2D eigenvalue weighted by Crippen LogP contribution is 2.18. The van der Waals surface area contributed by atoms with E-state index < -0.39 is 0 Å². The molecule has 0 saturated heterocycles. The molecule has 0 unspecified atom stereocenters. The van der Waals surface area contributed by atoms with Crippen molar-refractivity contribution in [3.05, 3.63) is 68.1 Å². The standard InChI is InChI=1S/C24H32N4OS2/c1-4-27(5-2)13-8-12-25-24(30)28(17-21-11-7-14-31-21)16-20-15-19-10-6-9-18(3)22(19)26-23(20)29/h6-7,9-11,14-15H,4-5,8,12-13,16-17H2,1-3H3,(H,25,30)(H,26,29). The Bertz CT molecular complexity index is 1040. The maximum atomic E-state index is 12.8. The van der Waals surface area contributed by atoms with Gasteiger partial charge in [-0.3, -0.25) is 4.79 Å². The molecule has 0 aliphatic carbocycles.